The Morgan fingerprint density at radius 2 is 1.71 bits per heavy atom. The number of rotatable bonds is 2. The van der Waals surface area contributed by atoms with E-state index in [1.165, 1.54) is 4.90 Å². The molecule has 1 aromatic carbocycles. The molecule has 1 N–H and O–H groups in total. The maximum atomic E-state index is 14.6. The number of halogens is 3. The van der Waals surface area contributed by atoms with Crippen molar-refractivity contribution in [1.29, 1.82) is 0 Å². The second kappa shape index (κ2) is 8.23. The molecule has 0 aliphatic carbocycles. The summed E-state index contributed by atoms with van der Waals surface area (Å²) in [4.78, 5) is 44.0. The smallest absolute Gasteiger partial charge is 0.438 e. The molecule has 0 spiro atoms. The molecule has 4 rings (SSSR count). The Morgan fingerprint density at radius 3 is 2.29 bits per heavy atom. The van der Waals surface area contributed by atoms with Gasteiger partial charge in [0.1, 0.15) is 11.4 Å². The molecule has 0 bridgehead atoms. The highest BCUT2D eigenvalue weighted by atomic mass is 19.4. The highest BCUT2D eigenvalue weighted by molar-refractivity contribution is 5.98. The summed E-state index contributed by atoms with van der Waals surface area (Å²) < 4.78 is 50.1. The average molecular weight is 495 g/mol. The molecule has 1 unspecified atom stereocenters. The van der Waals surface area contributed by atoms with Gasteiger partial charge in [-0.3, -0.25) is 14.2 Å². The standard InChI is InChI=1S/C24H29F3N4O4/c1-13-10-16-17(11-14(13)2)31-19(28-16)12-18(32)23(31,24(25,26)27)29-20(33)15-6-8-30(9-7-15)21(34)35-22(3,4)5/h10-11,15H,6-9,12H2,1-5H3,(H,29,33). The monoisotopic (exact) mass is 494 g/mol. The molecule has 2 aliphatic rings. The second-order valence-electron chi connectivity index (χ2n) is 10.3. The predicted molar refractivity (Wildman–Crippen MR) is 121 cm³/mol. The minimum atomic E-state index is -5.09. The van der Waals surface area contributed by atoms with Crippen molar-refractivity contribution in [3.63, 3.8) is 0 Å². The van der Waals surface area contributed by atoms with Crippen molar-refractivity contribution < 1.29 is 32.3 Å². The number of nitrogens with zero attached hydrogens (tertiary/aromatic N) is 3. The van der Waals surface area contributed by atoms with Crippen LogP contribution in [0, 0.1) is 19.8 Å². The summed E-state index contributed by atoms with van der Waals surface area (Å²) in [5.74, 6) is -2.87. The van der Waals surface area contributed by atoms with Crippen molar-refractivity contribution in [3.8, 4) is 0 Å². The van der Waals surface area contributed by atoms with E-state index in [9.17, 15) is 27.6 Å². The topological polar surface area (TPSA) is 93.5 Å². The second-order valence-corrected chi connectivity index (χ2v) is 10.3. The van der Waals surface area contributed by atoms with E-state index in [2.05, 4.69) is 10.3 Å². The lowest BCUT2D eigenvalue weighted by Crippen LogP contribution is -2.64. The number of nitrogens with one attached hydrogen (secondary N) is 1. The summed E-state index contributed by atoms with van der Waals surface area (Å²) in [5, 5.41) is 2.08. The number of amides is 2. The van der Waals surface area contributed by atoms with E-state index in [4.69, 9.17) is 4.74 Å². The number of carbonyl (C=O) groups is 3. The number of ketones is 1. The first kappa shape index (κ1) is 25.0. The molecule has 11 heteroatoms. The number of fused-ring (bicyclic) bond motifs is 3. The molecule has 1 aromatic heterocycles. The van der Waals surface area contributed by atoms with Crippen LogP contribution >= 0.6 is 0 Å². The van der Waals surface area contributed by atoms with Crippen molar-refractivity contribution in [2.24, 2.45) is 5.92 Å². The molecule has 2 aromatic rings. The van der Waals surface area contributed by atoms with E-state index < -0.39 is 47.6 Å². The Balaban J connectivity index is 1.61. The fourth-order valence-corrected chi connectivity index (χ4v) is 4.68. The highest BCUT2D eigenvalue weighted by Gasteiger charge is 2.67. The number of piperidine rings is 1. The van der Waals surface area contributed by atoms with Crippen molar-refractivity contribution >= 4 is 28.8 Å². The summed E-state index contributed by atoms with van der Waals surface area (Å²) >= 11 is 0. The van der Waals surface area contributed by atoms with E-state index in [1.807, 2.05) is 6.92 Å². The van der Waals surface area contributed by atoms with Crippen LogP contribution in [0.2, 0.25) is 0 Å². The summed E-state index contributed by atoms with van der Waals surface area (Å²) in [6, 6.07) is 3.24. The van der Waals surface area contributed by atoms with Gasteiger partial charge >= 0.3 is 12.3 Å². The SMILES string of the molecule is Cc1cc2nc3n(c2cc1C)C(NC(=O)C1CCN(C(=O)OC(C)(C)C)CC1)(C(F)(F)F)C(=O)C3. The van der Waals surface area contributed by atoms with Crippen LogP contribution in [0.15, 0.2) is 12.1 Å². The Kier molecular flexibility index (Phi) is 5.88. The van der Waals surface area contributed by atoms with Gasteiger partial charge in [0.05, 0.1) is 17.5 Å². The lowest BCUT2D eigenvalue weighted by molar-refractivity contribution is -0.219. The minimum absolute atomic E-state index is 0.0348. The van der Waals surface area contributed by atoms with E-state index in [-0.39, 0.29) is 37.3 Å². The van der Waals surface area contributed by atoms with Gasteiger partial charge < -0.3 is 15.0 Å². The van der Waals surface area contributed by atoms with E-state index in [1.54, 1.807) is 39.8 Å². The lowest BCUT2D eigenvalue weighted by Gasteiger charge is -2.37. The van der Waals surface area contributed by atoms with E-state index >= 15 is 0 Å². The molecule has 3 heterocycles. The summed E-state index contributed by atoms with van der Waals surface area (Å²) in [6.07, 6.45) is -5.85. The molecule has 35 heavy (non-hydrogen) atoms. The fourth-order valence-electron chi connectivity index (χ4n) is 4.68. The Morgan fingerprint density at radius 1 is 1.11 bits per heavy atom. The van der Waals surface area contributed by atoms with Crippen LogP contribution in [0.25, 0.3) is 11.0 Å². The Hall–Kier alpha value is -3.11. The van der Waals surface area contributed by atoms with Crippen LogP contribution in [0.5, 0.6) is 0 Å². The van der Waals surface area contributed by atoms with Gasteiger partial charge in [0.15, 0.2) is 5.78 Å². The van der Waals surface area contributed by atoms with Crippen molar-refractivity contribution in [2.75, 3.05) is 13.1 Å². The number of aryl methyl sites for hydroxylation is 2. The maximum Gasteiger partial charge on any atom is 0.438 e. The third-order valence-corrected chi connectivity index (χ3v) is 6.63. The minimum Gasteiger partial charge on any atom is -0.444 e. The molecular formula is C24H29F3N4O4. The van der Waals surface area contributed by atoms with Gasteiger partial charge in [0.25, 0.3) is 5.66 Å². The summed E-state index contributed by atoms with van der Waals surface area (Å²) in [7, 11) is 0. The zero-order chi connectivity index (χ0) is 25.9. The van der Waals surface area contributed by atoms with Crippen LogP contribution < -0.4 is 5.32 Å². The Bertz CT molecular complexity index is 1210. The quantitative estimate of drug-likeness (QED) is 0.686. The molecule has 1 saturated heterocycles. The van der Waals surface area contributed by atoms with Gasteiger partial charge in [-0.25, -0.2) is 9.78 Å². The number of hydrogen-bond acceptors (Lipinski definition) is 5. The number of imidazole rings is 1. The third kappa shape index (κ3) is 4.25. The number of ether oxygens (including phenoxy) is 1. The molecular weight excluding hydrogens is 465 g/mol. The average Bonchev–Trinajstić information content (AvgIpc) is 3.20. The molecule has 0 saturated carbocycles. The number of carbonyl (C=O) groups excluding carboxylic acids is 3. The van der Waals surface area contributed by atoms with Gasteiger partial charge in [0, 0.05) is 19.0 Å². The van der Waals surface area contributed by atoms with Crippen LogP contribution in [-0.2, 0) is 26.4 Å². The third-order valence-electron chi connectivity index (χ3n) is 6.63. The first-order valence-corrected chi connectivity index (χ1v) is 11.5. The first-order chi connectivity index (χ1) is 16.1. The van der Waals surface area contributed by atoms with Crippen LogP contribution in [-0.4, -0.2) is 57.1 Å². The number of benzene rings is 1. The summed E-state index contributed by atoms with van der Waals surface area (Å²) in [5.41, 5.74) is -1.82. The first-order valence-electron chi connectivity index (χ1n) is 11.5. The fraction of sp³-hybridized carbons (Fsp3) is 0.583. The van der Waals surface area contributed by atoms with Crippen LogP contribution in [0.1, 0.15) is 50.6 Å². The van der Waals surface area contributed by atoms with Gasteiger partial charge in [-0.2, -0.15) is 13.2 Å². The van der Waals surface area contributed by atoms with Crippen LogP contribution in [0.3, 0.4) is 0 Å². The normalized spacial score (nSPS) is 21.4. The van der Waals surface area contributed by atoms with Gasteiger partial charge in [-0.15, -0.1) is 0 Å². The molecule has 1 atom stereocenters. The number of aromatic nitrogens is 2. The molecule has 190 valence electrons. The zero-order valence-corrected chi connectivity index (χ0v) is 20.4. The molecule has 2 amide bonds. The molecule has 8 nitrogen and oxygen atoms in total. The van der Waals surface area contributed by atoms with Crippen molar-refractivity contribution in [1.82, 2.24) is 19.8 Å². The van der Waals surface area contributed by atoms with Gasteiger partial charge in [-0.05, 0) is 70.7 Å². The predicted octanol–water partition coefficient (Wildman–Crippen LogP) is 3.76. The van der Waals surface area contributed by atoms with Crippen molar-refractivity contribution in [2.45, 2.75) is 71.3 Å². The highest BCUT2D eigenvalue weighted by Crippen LogP contribution is 2.44. The van der Waals surface area contributed by atoms with Gasteiger partial charge in [-0.1, -0.05) is 0 Å². The number of alkyl halides is 3. The molecule has 2 aliphatic heterocycles. The van der Waals surface area contributed by atoms with Crippen molar-refractivity contribution in [3.05, 3.63) is 29.1 Å². The molecule has 0 radical (unpaired) electrons. The number of Topliss-reactive ketones (excluding diaryl/α,β-unsaturated/α-hetero) is 1. The van der Waals surface area contributed by atoms with Crippen LogP contribution in [0.4, 0.5) is 18.0 Å². The maximum absolute atomic E-state index is 14.6. The summed E-state index contributed by atoms with van der Waals surface area (Å²) in [6.45, 7) is 9.12. The van der Waals surface area contributed by atoms with Gasteiger partial charge in [0.2, 0.25) is 5.91 Å². The lowest BCUT2D eigenvalue weighted by atomic mass is 9.94. The number of hydrogen-bond donors (Lipinski definition) is 1. The largest absolute Gasteiger partial charge is 0.444 e. The van der Waals surface area contributed by atoms with E-state index in [0.29, 0.717) is 5.52 Å². The molecule has 1 fully saturated rings. The van der Waals surface area contributed by atoms with E-state index in [0.717, 1.165) is 15.7 Å². The zero-order valence-electron chi connectivity index (χ0n) is 20.4. The Labute approximate surface area is 200 Å². The number of likely N-dealkylation sites (tertiary alicyclic amines) is 1.